The number of hydrogen-bond donors (Lipinski definition) is 2. The highest BCUT2D eigenvalue weighted by Gasteiger charge is 2.32. The molecule has 1 aromatic carbocycles. The van der Waals surface area contributed by atoms with Crippen molar-refractivity contribution in [1.82, 2.24) is 0 Å². The van der Waals surface area contributed by atoms with Crippen LogP contribution in [0.25, 0.3) is 0 Å². The summed E-state index contributed by atoms with van der Waals surface area (Å²) in [5.74, 6) is -3.49. The van der Waals surface area contributed by atoms with Crippen molar-refractivity contribution in [3.05, 3.63) is 23.8 Å². The Morgan fingerprint density at radius 3 is 2.65 bits per heavy atom. The number of aliphatic carboxylic acids is 1. The second kappa shape index (κ2) is 5.44. The van der Waals surface area contributed by atoms with E-state index in [-0.39, 0.29) is 24.6 Å². The van der Waals surface area contributed by atoms with Crippen LogP contribution in [-0.2, 0) is 9.59 Å². The Balaban J connectivity index is 2.41. The maximum absolute atomic E-state index is 13.3. The molecule has 0 spiro atoms. The maximum atomic E-state index is 13.3. The Morgan fingerprint density at radius 1 is 1.40 bits per heavy atom. The lowest BCUT2D eigenvalue weighted by Crippen LogP contribution is -2.47. The van der Waals surface area contributed by atoms with Crippen LogP contribution in [0.5, 0.6) is 0 Å². The lowest BCUT2D eigenvalue weighted by molar-refractivity contribution is -0.136. The van der Waals surface area contributed by atoms with Crippen molar-refractivity contribution in [3.63, 3.8) is 0 Å². The zero-order chi connectivity index (χ0) is 14.9. The van der Waals surface area contributed by atoms with Gasteiger partial charge in [0.15, 0.2) is 11.6 Å². The number of anilines is 2. The normalized spacial score (nSPS) is 17.6. The molecule has 7 heteroatoms. The Kier molecular flexibility index (Phi) is 3.87. The minimum Gasteiger partial charge on any atom is -0.481 e. The van der Waals surface area contributed by atoms with E-state index in [0.717, 1.165) is 12.1 Å². The van der Waals surface area contributed by atoms with Crippen LogP contribution in [0.15, 0.2) is 12.1 Å². The van der Waals surface area contributed by atoms with Crippen LogP contribution in [-0.4, -0.2) is 29.6 Å². The van der Waals surface area contributed by atoms with Gasteiger partial charge in [0.1, 0.15) is 6.04 Å². The zero-order valence-corrected chi connectivity index (χ0v) is 10.8. The molecule has 0 radical (unpaired) electrons. The molecular weight excluding hydrogens is 270 g/mol. The van der Waals surface area contributed by atoms with Crippen LogP contribution >= 0.6 is 0 Å². The maximum Gasteiger partial charge on any atom is 0.305 e. The minimum absolute atomic E-state index is 0.0789. The van der Waals surface area contributed by atoms with Gasteiger partial charge in [0.2, 0.25) is 5.91 Å². The van der Waals surface area contributed by atoms with Gasteiger partial charge in [-0.25, -0.2) is 8.78 Å². The predicted octanol–water partition coefficient (Wildman–Crippen LogP) is 1.98. The summed E-state index contributed by atoms with van der Waals surface area (Å²) in [5.41, 5.74) is 0.459. The summed E-state index contributed by atoms with van der Waals surface area (Å²) in [6.45, 7) is 1.69. The molecule has 0 saturated carbocycles. The van der Waals surface area contributed by atoms with E-state index in [0.29, 0.717) is 12.1 Å². The number of rotatable bonds is 4. The summed E-state index contributed by atoms with van der Waals surface area (Å²) in [7, 11) is 0. The highest BCUT2D eigenvalue weighted by atomic mass is 19.2. The molecule has 2 N–H and O–H groups in total. The molecule has 108 valence electrons. The van der Waals surface area contributed by atoms with E-state index >= 15 is 0 Å². The number of carbonyl (C=O) groups is 2. The second-order valence-corrected chi connectivity index (χ2v) is 4.52. The van der Waals surface area contributed by atoms with Gasteiger partial charge in [-0.2, -0.15) is 0 Å². The smallest absolute Gasteiger partial charge is 0.305 e. The van der Waals surface area contributed by atoms with Crippen molar-refractivity contribution < 1.29 is 23.5 Å². The fraction of sp³-hybridized carbons (Fsp3) is 0.385. The van der Waals surface area contributed by atoms with Crippen LogP contribution in [0.3, 0.4) is 0 Å². The van der Waals surface area contributed by atoms with Gasteiger partial charge in [-0.15, -0.1) is 0 Å². The molecule has 1 aromatic rings. The molecule has 1 unspecified atom stereocenters. The van der Waals surface area contributed by atoms with Crippen LogP contribution in [0, 0.1) is 11.6 Å². The molecule has 0 aromatic heterocycles. The Bertz CT molecular complexity index is 563. The molecule has 1 amide bonds. The number of amides is 1. The number of halogens is 2. The van der Waals surface area contributed by atoms with E-state index in [1.807, 2.05) is 0 Å². The fourth-order valence-electron chi connectivity index (χ4n) is 2.15. The lowest BCUT2D eigenvalue weighted by Gasteiger charge is -2.34. The van der Waals surface area contributed by atoms with Crippen LogP contribution < -0.4 is 10.2 Å². The molecular formula is C13H14F2N2O3. The number of hydrogen-bond acceptors (Lipinski definition) is 3. The molecule has 20 heavy (non-hydrogen) atoms. The third-order valence-corrected chi connectivity index (χ3v) is 3.18. The van der Waals surface area contributed by atoms with Crippen molar-refractivity contribution >= 4 is 23.3 Å². The van der Waals surface area contributed by atoms with Gasteiger partial charge in [-0.3, -0.25) is 9.59 Å². The number of fused-ring (bicyclic) bond motifs is 1. The van der Waals surface area contributed by atoms with E-state index in [1.165, 1.54) is 4.90 Å². The number of nitrogens with zero attached hydrogens (tertiary/aromatic N) is 1. The highest BCUT2D eigenvalue weighted by molar-refractivity contribution is 6.05. The van der Waals surface area contributed by atoms with Gasteiger partial charge in [0.25, 0.3) is 0 Å². The second-order valence-electron chi connectivity index (χ2n) is 4.52. The van der Waals surface area contributed by atoms with Crippen molar-refractivity contribution in [3.8, 4) is 0 Å². The van der Waals surface area contributed by atoms with Gasteiger partial charge in [0, 0.05) is 18.7 Å². The van der Waals surface area contributed by atoms with Crippen molar-refractivity contribution in [2.75, 3.05) is 16.8 Å². The van der Waals surface area contributed by atoms with Crippen LogP contribution in [0.2, 0.25) is 0 Å². The van der Waals surface area contributed by atoms with Crippen molar-refractivity contribution in [2.24, 2.45) is 0 Å². The van der Waals surface area contributed by atoms with Gasteiger partial charge < -0.3 is 15.3 Å². The van der Waals surface area contributed by atoms with E-state index < -0.39 is 23.6 Å². The van der Waals surface area contributed by atoms with Crippen molar-refractivity contribution in [2.45, 2.75) is 25.8 Å². The van der Waals surface area contributed by atoms with E-state index in [2.05, 4.69) is 5.32 Å². The summed E-state index contributed by atoms with van der Waals surface area (Å²) in [5, 5.41) is 11.5. The largest absolute Gasteiger partial charge is 0.481 e. The van der Waals surface area contributed by atoms with Crippen LogP contribution in [0.1, 0.15) is 19.8 Å². The van der Waals surface area contributed by atoms with Crippen molar-refractivity contribution in [1.29, 1.82) is 0 Å². The Labute approximate surface area is 114 Å². The number of carboxylic acid groups (broad SMARTS) is 1. The van der Waals surface area contributed by atoms with E-state index in [1.54, 1.807) is 6.92 Å². The molecule has 0 bridgehead atoms. The molecule has 1 aliphatic heterocycles. The average Bonchev–Trinajstić information content (AvgIpc) is 2.39. The molecule has 1 heterocycles. The lowest BCUT2D eigenvalue weighted by atomic mass is 10.1. The fourth-order valence-corrected chi connectivity index (χ4v) is 2.15. The van der Waals surface area contributed by atoms with Gasteiger partial charge in [0.05, 0.1) is 17.8 Å². The topological polar surface area (TPSA) is 69.6 Å². The first-order valence-corrected chi connectivity index (χ1v) is 6.22. The first kappa shape index (κ1) is 14.2. The first-order valence-electron chi connectivity index (χ1n) is 6.22. The zero-order valence-electron chi connectivity index (χ0n) is 10.8. The van der Waals surface area contributed by atoms with Crippen LogP contribution in [0.4, 0.5) is 20.2 Å². The molecule has 0 fully saturated rings. The van der Waals surface area contributed by atoms with E-state index in [9.17, 15) is 18.4 Å². The summed E-state index contributed by atoms with van der Waals surface area (Å²) in [4.78, 5) is 24.0. The standard InChI is InChI=1S/C13H14F2N2O3/c1-2-9-13(20)17(4-3-12(18)19)11-6-8(15)7(14)5-10(11)16-9/h5-6,9,16H,2-4H2,1H3,(H,18,19). The van der Waals surface area contributed by atoms with E-state index in [4.69, 9.17) is 5.11 Å². The summed E-state index contributed by atoms with van der Waals surface area (Å²) in [6.07, 6.45) is 0.196. The number of benzene rings is 1. The SMILES string of the molecule is CCC1Nc2cc(F)c(F)cc2N(CCC(=O)O)C1=O. The summed E-state index contributed by atoms with van der Waals surface area (Å²) < 4.78 is 26.6. The number of nitrogens with one attached hydrogen (secondary N) is 1. The number of carboxylic acids is 1. The third-order valence-electron chi connectivity index (χ3n) is 3.18. The van der Waals surface area contributed by atoms with Gasteiger partial charge in [-0.1, -0.05) is 6.92 Å². The molecule has 1 atom stereocenters. The quantitative estimate of drug-likeness (QED) is 0.887. The molecule has 0 saturated heterocycles. The van der Waals surface area contributed by atoms with Gasteiger partial charge >= 0.3 is 5.97 Å². The monoisotopic (exact) mass is 284 g/mol. The molecule has 1 aliphatic rings. The summed E-state index contributed by atoms with van der Waals surface area (Å²) in [6, 6.07) is 1.32. The molecule has 2 rings (SSSR count). The molecule has 5 nitrogen and oxygen atoms in total. The highest BCUT2D eigenvalue weighted by Crippen LogP contribution is 2.34. The minimum atomic E-state index is -1.08. The average molecular weight is 284 g/mol. The predicted molar refractivity (Wildman–Crippen MR) is 68.7 cm³/mol. The molecule has 0 aliphatic carbocycles. The Hall–Kier alpha value is -2.18. The van der Waals surface area contributed by atoms with Gasteiger partial charge in [-0.05, 0) is 6.42 Å². The Morgan fingerprint density at radius 2 is 2.05 bits per heavy atom. The summed E-state index contributed by atoms with van der Waals surface area (Å²) >= 11 is 0. The first-order chi connectivity index (χ1) is 9.43. The number of carbonyl (C=O) groups excluding carboxylic acids is 1. The third kappa shape index (κ3) is 2.56.